The second-order valence-electron chi connectivity index (χ2n) is 4.23. The molecule has 0 aliphatic rings. The molecule has 0 aliphatic heterocycles. The van der Waals surface area contributed by atoms with Crippen LogP contribution in [-0.4, -0.2) is 0 Å². The molecule has 0 atom stereocenters. The fourth-order valence-corrected chi connectivity index (χ4v) is 2.04. The molecule has 0 amide bonds. The van der Waals surface area contributed by atoms with Crippen LogP contribution in [0.4, 0.5) is 5.69 Å². The smallest absolute Gasteiger partial charge is 0.0441 e. The highest BCUT2D eigenvalue weighted by Crippen LogP contribution is 2.27. The van der Waals surface area contributed by atoms with E-state index < -0.39 is 0 Å². The Morgan fingerprint density at radius 3 is 2.35 bits per heavy atom. The van der Waals surface area contributed by atoms with Crippen molar-refractivity contribution in [2.75, 3.05) is 5.73 Å². The van der Waals surface area contributed by atoms with Crippen LogP contribution in [0.3, 0.4) is 0 Å². The van der Waals surface area contributed by atoms with Crippen LogP contribution in [0.1, 0.15) is 18.1 Å². The van der Waals surface area contributed by atoms with Crippen LogP contribution in [0.2, 0.25) is 5.02 Å². The van der Waals surface area contributed by atoms with Crippen LogP contribution < -0.4 is 5.73 Å². The maximum absolute atomic E-state index is 6.14. The summed E-state index contributed by atoms with van der Waals surface area (Å²) in [5, 5.41) is 0.803. The molecule has 0 spiro atoms. The van der Waals surface area contributed by atoms with Gasteiger partial charge in [-0.15, -0.1) is 0 Å². The van der Waals surface area contributed by atoms with E-state index in [1.165, 1.54) is 5.56 Å². The topological polar surface area (TPSA) is 26.0 Å². The lowest BCUT2D eigenvalue weighted by molar-refractivity contribution is 1.15. The highest BCUT2D eigenvalue weighted by molar-refractivity contribution is 6.31. The van der Waals surface area contributed by atoms with Gasteiger partial charge in [-0.3, -0.25) is 0 Å². The number of hydrogen-bond acceptors (Lipinski definition) is 1. The normalized spacial score (nSPS) is 10.5. The predicted molar refractivity (Wildman–Crippen MR) is 75.4 cm³/mol. The Hall–Kier alpha value is -1.47. The molecule has 0 unspecified atom stereocenters. The van der Waals surface area contributed by atoms with E-state index in [2.05, 4.69) is 19.1 Å². The Morgan fingerprint density at radius 1 is 1.06 bits per heavy atom. The Morgan fingerprint density at radius 2 is 1.71 bits per heavy atom. The summed E-state index contributed by atoms with van der Waals surface area (Å²) in [6.07, 6.45) is 0.944. The number of nitrogen functional groups attached to an aromatic ring is 1. The lowest BCUT2D eigenvalue weighted by atomic mass is 10.00. The summed E-state index contributed by atoms with van der Waals surface area (Å²) in [4.78, 5) is 0. The van der Waals surface area contributed by atoms with Crippen LogP contribution >= 0.6 is 11.6 Å². The van der Waals surface area contributed by atoms with E-state index >= 15 is 0 Å². The Kier molecular flexibility index (Phi) is 3.39. The quantitative estimate of drug-likeness (QED) is 0.777. The van der Waals surface area contributed by atoms with Gasteiger partial charge in [-0.25, -0.2) is 0 Å². The fraction of sp³-hybridized carbons (Fsp3) is 0.200. The monoisotopic (exact) mass is 245 g/mol. The Bertz CT molecular complexity index is 547. The molecule has 2 N–H and O–H groups in total. The van der Waals surface area contributed by atoms with Crippen LogP contribution in [-0.2, 0) is 6.42 Å². The second-order valence-corrected chi connectivity index (χ2v) is 4.64. The number of halogens is 1. The zero-order chi connectivity index (χ0) is 12.4. The van der Waals surface area contributed by atoms with E-state index in [1.54, 1.807) is 0 Å². The van der Waals surface area contributed by atoms with Gasteiger partial charge in [0, 0.05) is 10.7 Å². The summed E-state index contributed by atoms with van der Waals surface area (Å²) in [6.45, 7) is 4.12. The number of rotatable bonds is 2. The minimum Gasteiger partial charge on any atom is -0.399 e. The number of hydrogen-bond donors (Lipinski definition) is 1. The van der Waals surface area contributed by atoms with E-state index in [9.17, 15) is 0 Å². The van der Waals surface area contributed by atoms with Gasteiger partial charge in [0.15, 0.2) is 0 Å². The van der Waals surface area contributed by atoms with Crippen molar-refractivity contribution in [2.24, 2.45) is 0 Å². The van der Waals surface area contributed by atoms with Gasteiger partial charge in [0.2, 0.25) is 0 Å². The highest BCUT2D eigenvalue weighted by atomic mass is 35.5. The van der Waals surface area contributed by atoms with Crippen LogP contribution in [0.25, 0.3) is 11.1 Å². The SMILES string of the molecule is CCc1cc(-c2ccc(C)c(Cl)c2)ccc1N. The zero-order valence-corrected chi connectivity index (χ0v) is 10.9. The summed E-state index contributed by atoms with van der Waals surface area (Å²) in [5.74, 6) is 0. The summed E-state index contributed by atoms with van der Waals surface area (Å²) >= 11 is 6.14. The van der Waals surface area contributed by atoms with Gasteiger partial charge < -0.3 is 5.73 Å². The van der Waals surface area contributed by atoms with E-state index in [0.29, 0.717) is 0 Å². The van der Waals surface area contributed by atoms with Crippen molar-refractivity contribution in [3.8, 4) is 11.1 Å². The maximum Gasteiger partial charge on any atom is 0.0441 e. The van der Waals surface area contributed by atoms with E-state index in [0.717, 1.165) is 33.8 Å². The van der Waals surface area contributed by atoms with Crippen LogP contribution in [0.15, 0.2) is 36.4 Å². The van der Waals surface area contributed by atoms with E-state index in [1.807, 2.05) is 31.2 Å². The first kappa shape index (κ1) is 12.0. The molecule has 2 heteroatoms. The number of nitrogens with two attached hydrogens (primary N) is 1. The molecule has 0 saturated heterocycles. The zero-order valence-electron chi connectivity index (χ0n) is 10.1. The molecule has 2 aromatic carbocycles. The average Bonchev–Trinajstić information content (AvgIpc) is 2.33. The third-order valence-electron chi connectivity index (χ3n) is 3.03. The van der Waals surface area contributed by atoms with E-state index in [4.69, 9.17) is 17.3 Å². The summed E-state index contributed by atoms with van der Waals surface area (Å²) < 4.78 is 0. The third kappa shape index (κ3) is 2.45. The van der Waals surface area contributed by atoms with Crippen LogP contribution in [0.5, 0.6) is 0 Å². The van der Waals surface area contributed by atoms with Crippen molar-refractivity contribution >= 4 is 17.3 Å². The van der Waals surface area contributed by atoms with Gasteiger partial charge in [-0.2, -0.15) is 0 Å². The lowest BCUT2D eigenvalue weighted by Crippen LogP contribution is -1.93. The van der Waals surface area contributed by atoms with Crippen molar-refractivity contribution in [1.82, 2.24) is 0 Å². The molecule has 88 valence electrons. The molecule has 0 radical (unpaired) electrons. The van der Waals surface area contributed by atoms with E-state index in [-0.39, 0.29) is 0 Å². The van der Waals surface area contributed by atoms with Crippen molar-refractivity contribution in [3.63, 3.8) is 0 Å². The Balaban J connectivity index is 2.49. The molecule has 1 nitrogen and oxygen atoms in total. The van der Waals surface area contributed by atoms with Gasteiger partial charge in [0.25, 0.3) is 0 Å². The first-order chi connectivity index (χ1) is 8.11. The molecule has 0 saturated carbocycles. The average molecular weight is 246 g/mol. The lowest BCUT2D eigenvalue weighted by Gasteiger charge is -2.08. The first-order valence-corrected chi connectivity index (χ1v) is 6.14. The number of benzene rings is 2. The molecule has 0 heterocycles. The molecular formula is C15H16ClN. The van der Waals surface area contributed by atoms with Gasteiger partial charge in [-0.1, -0.05) is 36.7 Å². The Labute approximate surface area is 107 Å². The minimum absolute atomic E-state index is 0.803. The van der Waals surface area contributed by atoms with Gasteiger partial charge in [0.05, 0.1) is 0 Å². The fourth-order valence-electron chi connectivity index (χ4n) is 1.86. The first-order valence-electron chi connectivity index (χ1n) is 5.76. The highest BCUT2D eigenvalue weighted by Gasteiger charge is 2.03. The third-order valence-corrected chi connectivity index (χ3v) is 3.44. The number of aryl methyl sites for hydroxylation is 2. The second kappa shape index (κ2) is 4.80. The van der Waals surface area contributed by atoms with Crippen molar-refractivity contribution in [3.05, 3.63) is 52.5 Å². The summed E-state index contributed by atoms with van der Waals surface area (Å²) in [7, 11) is 0. The molecule has 2 rings (SSSR count). The molecule has 0 aromatic heterocycles. The maximum atomic E-state index is 6.14. The van der Waals surface area contributed by atoms with Gasteiger partial charge in [0.1, 0.15) is 0 Å². The molecule has 0 fully saturated rings. The largest absolute Gasteiger partial charge is 0.399 e. The summed E-state index contributed by atoms with van der Waals surface area (Å²) in [6, 6.07) is 12.3. The molecule has 0 bridgehead atoms. The summed E-state index contributed by atoms with van der Waals surface area (Å²) in [5.41, 5.74) is 11.3. The van der Waals surface area contributed by atoms with Crippen molar-refractivity contribution in [1.29, 1.82) is 0 Å². The molecular weight excluding hydrogens is 230 g/mol. The minimum atomic E-state index is 0.803. The molecule has 2 aromatic rings. The number of anilines is 1. The molecule has 17 heavy (non-hydrogen) atoms. The van der Waals surface area contributed by atoms with Crippen molar-refractivity contribution < 1.29 is 0 Å². The molecule has 0 aliphatic carbocycles. The van der Waals surface area contributed by atoms with Gasteiger partial charge in [-0.05, 0) is 53.8 Å². The van der Waals surface area contributed by atoms with Crippen LogP contribution in [0, 0.1) is 6.92 Å². The van der Waals surface area contributed by atoms with Crippen molar-refractivity contribution in [2.45, 2.75) is 20.3 Å². The standard InChI is InChI=1S/C15H16ClN/c1-3-11-8-12(6-7-15(11)17)13-5-4-10(2)14(16)9-13/h4-9H,3,17H2,1-2H3. The van der Waals surface area contributed by atoms with Gasteiger partial charge >= 0.3 is 0 Å². The predicted octanol–water partition coefficient (Wildman–Crippen LogP) is 4.46.